The summed E-state index contributed by atoms with van der Waals surface area (Å²) in [5, 5.41) is 6.18. The van der Waals surface area contributed by atoms with E-state index in [1.807, 2.05) is 0 Å². The number of rotatable bonds is 3. The van der Waals surface area contributed by atoms with Crippen molar-refractivity contribution >= 4 is 34.9 Å². The van der Waals surface area contributed by atoms with Gasteiger partial charge in [0, 0.05) is 18.7 Å². The van der Waals surface area contributed by atoms with Crippen LogP contribution in [0.1, 0.15) is 13.3 Å². The normalized spacial score (nSPS) is 9.12. The first-order valence-corrected chi connectivity index (χ1v) is 5.78. The minimum absolute atomic E-state index is 0.290. The number of urea groups is 1. The molecule has 2 N–H and O–H groups in total. The van der Waals surface area contributed by atoms with Gasteiger partial charge in [0.05, 0.1) is 10.0 Å². The van der Waals surface area contributed by atoms with Gasteiger partial charge in [-0.05, 0) is 25.1 Å². The quantitative estimate of drug-likeness (QED) is 0.640. The summed E-state index contributed by atoms with van der Waals surface area (Å²) in [5.74, 6) is 5.60. The highest BCUT2D eigenvalue weighted by Gasteiger charge is 2.03. The van der Waals surface area contributed by atoms with Crippen molar-refractivity contribution in [3.8, 4) is 11.8 Å². The molecule has 0 saturated carbocycles. The fraction of sp³-hybridized carbons (Fsp3) is 0.250. The lowest BCUT2D eigenvalue weighted by Crippen LogP contribution is -2.29. The van der Waals surface area contributed by atoms with Crippen LogP contribution in [0.4, 0.5) is 10.5 Å². The highest BCUT2D eigenvalue weighted by atomic mass is 35.5. The van der Waals surface area contributed by atoms with Gasteiger partial charge in [-0.25, -0.2) is 4.79 Å². The molecular weight excluding hydrogens is 259 g/mol. The number of hydrogen-bond donors (Lipinski definition) is 2. The van der Waals surface area contributed by atoms with Gasteiger partial charge in [0.2, 0.25) is 0 Å². The van der Waals surface area contributed by atoms with E-state index in [-0.39, 0.29) is 6.03 Å². The lowest BCUT2D eigenvalue weighted by atomic mass is 10.3. The van der Waals surface area contributed by atoms with Crippen LogP contribution in [0, 0.1) is 11.8 Å². The molecule has 1 aromatic carbocycles. The lowest BCUT2D eigenvalue weighted by Gasteiger charge is -2.07. The molecule has 0 aliphatic heterocycles. The van der Waals surface area contributed by atoms with Crippen molar-refractivity contribution in [1.29, 1.82) is 0 Å². The molecule has 0 unspecified atom stereocenters. The average Bonchev–Trinajstić information content (AvgIpc) is 2.30. The first-order valence-electron chi connectivity index (χ1n) is 5.03. The van der Waals surface area contributed by atoms with E-state index in [1.165, 1.54) is 0 Å². The van der Waals surface area contributed by atoms with Crippen molar-refractivity contribution in [1.82, 2.24) is 5.32 Å². The van der Waals surface area contributed by atoms with E-state index in [9.17, 15) is 4.79 Å². The first kappa shape index (κ1) is 13.7. The summed E-state index contributed by atoms with van der Waals surface area (Å²) in [7, 11) is 0. The van der Waals surface area contributed by atoms with Gasteiger partial charge >= 0.3 is 6.03 Å². The number of nitrogens with one attached hydrogen (secondary N) is 2. The second-order valence-electron chi connectivity index (χ2n) is 3.19. The third-order valence-electron chi connectivity index (χ3n) is 1.89. The minimum Gasteiger partial charge on any atom is -0.337 e. The molecule has 0 spiro atoms. The van der Waals surface area contributed by atoms with Crippen LogP contribution >= 0.6 is 23.2 Å². The SMILES string of the molecule is CC#CCCNC(=O)Nc1ccc(Cl)c(Cl)c1. The molecule has 0 aromatic heterocycles. The molecular formula is C12H12Cl2N2O. The molecule has 0 atom stereocenters. The Morgan fingerprint density at radius 2 is 2.12 bits per heavy atom. The van der Waals surface area contributed by atoms with Gasteiger partial charge < -0.3 is 10.6 Å². The Kier molecular flexibility index (Phi) is 5.68. The molecule has 0 fully saturated rings. The first-order chi connectivity index (χ1) is 8.13. The number of amides is 2. The van der Waals surface area contributed by atoms with E-state index in [2.05, 4.69) is 22.5 Å². The molecule has 1 rings (SSSR count). The van der Waals surface area contributed by atoms with Crippen LogP contribution in [0.25, 0.3) is 0 Å². The van der Waals surface area contributed by atoms with E-state index >= 15 is 0 Å². The largest absolute Gasteiger partial charge is 0.337 e. The van der Waals surface area contributed by atoms with Crippen LogP contribution in [0.15, 0.2) is 18.2 Å². The molecule has 3 nitrogen and oxygen atoms in total. The lowest BCUT2D eigenvalue weighted by molar-refractivity contribution is 0.252. The van der Waals surface area contributed by atoms with Crippen molar-refractivity contribution in [2.24, 2.45) is 0 Å². The van der Waals surface area contributed by atoms with E-state index in [4.69, 9.17) is 23.2 Å². The monoisotopic (exact) mass is 270 g/mol. The molecule has 0 bridgehead atoms. The minimum atomic E-state index is -0.290. The van der Waals surface area contributed by atoms with Crippen LogP contribution in [-0.2, 0) is 0 Å². The van der Waals surface area contributed by atoms with E-state index in [0.29, 0.717) is 28.7 Å². The van der Waals surface area contributed by atoms with Crippen LogP contribution in [0.5, 0.6) is 0 Å². The number of benzene rings is 1. The zero-order valence-corrected chi connectivity index (χ0v) is 10.8. The third-order valence-corrected chi connectivity index (χ3v) is 2.63. The predicted molar refractivity (Wildman–Crippen MR) is 71.6 cm³/mol. The Hall–Kier alpha value is -1.37. The van der Waals surface area contributed by atoms with Gasteiger partial charge in [-0.2, -0.15) is 0 Å². The van der Waals surface area contributed by atoms with Gasteiger partial charge in [0.15, 0.2) is 0 Å². The van der Waals surface area contributed by atoms with Gasteiger partial charge in [-0.3, -0.25) is 0 Å². The number of anilines is 1. The molecule has 0 saturated heterocycles. The number of hydrogen-bond acceptors (Lipinski definition) is 1. The summed E-state index contributed by atoms with van der Waals surface area (Å²) >= 11 is 11.6. The Balaban J connectivity index is 2.44. The maximum Gasteiger partial charge on any atom is 0.319 e. The summed E-state index contributed by atoms with van der Waals surface area (Å²) in [6.07, 6.45) is 0.630. The summed E-state index contributed by atoms with van der Waals surface area (Å²) in [6.45, 7) is 2.27. The Bertz CT molecular complexity index is 463. The Morgan fingerprint density at radius 1 is 1.35 bits per heavy atom. The van der Waals surface area contributed by atoms with E-state index in [1.54, 1.807) is 25.1 Å². The second kappa shape index (κ2) is 7.05. The molecule has 17 heavy (non-hydrogen) atoms. The van der Waals surface area contributed by atoms with Crippen molar-refractivity contribution in [3.63, 3.8) is 0 Å². The maximum atomic E-state index is 11.4. The second-order valence-corrected chi connectivity index (χ2v) is 4.00. The summed E-state index contributed by atoms with van der Waals surface area (Å²) in [6, 6.07) is 4.61. The van der Waals surface area contributed by atoms with Crippen molar-refractivity contribution in [2.75, 3.05) is 11.9 Å². The van der Waals surface area contributed by atoms with Gasteiger partial charge in [0.25, 0.3) is 0 Å². The molecule has 0 aliphatic rings. The zero-order chi connectivity index (χ0) is 12.7. The Morgan fingerprint density at radius 3 is 2.76 bits per heavy atom. The molecule has 0 aliphatic carbocycles. The van der Waals surface area contributed by atoms with Gasteiger partial charge in [-0.1, -0.05) is 23.2 Å². The third kappa shape index (κ3) is 4.99. The molecule has 0 radical (unpaired) electrons. The topological polar surface area (TPSA) is 41.1 Å². The zero-order valence-electron chi connectivity index (χ0n) is 9.31. The van der Waals surface area contributed by atoms with Crippen LogP contribution in [0.3, 0.4) is 0 Å². The smallest absolute Gasteiger partial charge is 0.319 e. The standard InChI is InChI=1S/C12H12Cl2N2O/c1-2-3-4-7-15-12(17)16-9-5-6-10(13)11(14)8-9/h5-6,8H,4,7H2,1H3,(H2,15,16,17). The summed E-state index contributed by atoms with van der Waals surface area (Å²) < 4.78 is 0. The van der Waals surface area contributed by atoms with Gasteiger partial charge in [0.1, 0.15) is 0 Å². The van der Waals surface area contributed by atoms with Crippen molar-refractivity contribution in [2.45, 2.75) is 13.3 Å². The van der Waals surface area contributed by atoms with Crippen molar-refractivity contribution < 1.29 is 4.79 Å². The molecule has 90 valence electrons. The fourth-order valence-electron chi connectivity index (χ4n) is 1.11. The highest BCUT2D eigenvalue weighted by Crippen LogP contribution is 2.24. The summed E-state index contributed by atoms with van der Waals surface area (Å²) in [4.78, 5) is 11.4. The molecule has 5 heteroatoms. The predicted octanol–water partition coefficient (Wildman–Crippen LogP) is 3.53. The van der Waals surface area contributed by atoms with Crippen LogP contribution in [-0.4, -0.2) is 12.6 Å². The molecule has 2 amide bonds. The fourth-order valence-corrected chi connectivity index (χ4v) is 1.41. The number of carbonyl (C=O) groups is 1. The highest BCUT2D eigenvalue weighted by molar-refractivity contribution is 6.42. The number of halogens is 2. The molecule has 1 aromatic rings. The van der Waals surface area contributed by atoms with E-state index in [0.717, 1.165) is 0 Å². The van der Waals surface area contributed by atoms with Crippen LogP contribution < -0.4 is 10.6 Å². The van der Waals surface area contributed by atoms with Crippen LogP contribution in [0.2, 0.25) is 10.0 Å². The maximum absolute atomic E-state index is 11.4. The molecule has 0 heterocycles. The van der Waals surface area contributed by atoms with Crippen molar-refractivity contribution in [3.05, 3.63) is 28.2 Å². The van der Waals surface area contributed by atoms with E-state index < -0.39 is 0 Å². The Labute approximate surface area is 110 Å². The number of carbonyl (C=O) groups excluding carboxylic acids is 1. The average molecular weight is 271 g/mol. The van der Waals surface area contributed by atoms with Gasteiger partial charge in [-0.15, -0.1) is 11.8 Å². The summed E-state index contributed by atoms with van der Waals surface area (Å²) in [5.41, 5.74) is 0.596.